The Labute approximate surface area is 184 Å². The molecule has 0 atom stereocenters. The van der Waals surface area contributed by atoms with Crippen molar-refractivity contribution in [2.24, 2.45) is 0 Å². The van der Waals surface area contributed by atoms with E-state index in [1.807, 2.05) is 30.3 Å². The van der Waals surface area contributed by atoms with Gasteiger partial charge in [0.05, 0.1) is 0 Å². The summed E-state index contributed by atoms with van der Waals surface area (Å²) < 4.78 is 5.29. The van der Waals surface area contributed by atoms with Gasteiger partial charge in [0, 0.05) is 6.42 Å². The second-order valence-corrected chi connectivity index (χ2v) is 7.49. The molecule has 2 radical (unpaired) electrons. The molecule has 2 nitrogen and oxygen atoms in total. The van der Waals surface area contributed by atoms with Gasteiger partial charge in [0.15, 0.2) is 0 Å². The van der Waals surface area contributed by atoms with Gasteiger partial charge in [-0.3, -0.25) is 4.79 Å². The fraction of sp³-hybridized carbons (Fsp3) is 0.708. The number of hydrogen-bond acceptors (Lipinski definition) is 2. The van der Waals surface area contributed by atoms with Crippen molar-refractivity contribution in [3.05, 3.63) is 30.3 Å². The summed E-state index contributed by atoms with van der Waals surface area (Å²) in [5.74, 6) is 0.546. The van der Waals surface area contributed by atoms with E-state index in [-0.39, 0.29) is 29.9 Å². The van der Waals surface area contributed by atoms with Crippen LogP contribution in [0.3, 0.4) is 0 Å². The summed E-state index contributed by atoms with van der Waals surface area (Å²) in [4.78, 5) is 11.7. The van der Waals surface area contributed by atoms with Crippen LogP contribution >= 0.6 is 0 Å². The number of rotatable bonds is 17. The Morgan fingerprint density at radius 1 is 0.667 bits per heavy atom. The molecule has 0 N–H and O–H groups in total. The van der Waals surface area contributed by atoms with Crippen LogP contribution in [0, 0.1) is 0 Å². The monoisotopic (exact) mass is 482 g/mol. The summed E-state index contributed by atoms with van der Waals surface area (Å²) >= 11 is 0. The Morgan fingerprint density at radius 2 is 1.07 bits per heavy atom. The van der Waals surface area contributed by atoms with Crippen LogP contribution in [0.4, 0.5) is 0 Å². The van der Waals surface area contributed by atoms with Crippen molar-refractivity contribution in [1.82, 2.24) is 0 Å². The average Bonchev–Trinajstić information content (AvgIpc) is 2.65. The van der Waals surface area contributed by atoms with E-state index < -0.39 is 0 Å². The maximum atomic E-state index is 11.7. The van der Waals surface area contributed by atoms with Gasteiger partial charge in [-0.05, 0) is 18.6 Å². The van der Waals surface area contributed by atoms with E-state index in [2.05, 4.69) is 6.92 Å². The van der Waals surface area contributed by atoms with Crippen LogP contribution < -0.4 is 4.74 Å². The van der Waals surface area contributed by atoms with Gasteiger partial charge in [-0.25, -0.2) is 0 Å². The first-order valence-electron chi connectivity index (χ1n) is 11.1. The third kappa shape index (κ3) is 17.3. The first-order chi connectivity index (χ1) is 12.8. The van der Waals surface area contributed by atoms with E-state index in [1.165, 1.54) is 83.5 Å². The van der Waals surface area contributed by atoms with Crippen molar-refractivity contribution < 1.29 is 9.53 Å². The number of para-hydroxylation sites is 1. The summed E-state index contributed by atoms with van der Waals surface area (Å²) in [5, 5.41) is 0. The summed E-state index contributed by atoms with van der Waals surface area (Å²) in [6, 6.07) is 9.34. The second-order valence-electron chi connectivity index (χ2n) is 7.49. The van der Waals surface area contributed by atoms with E-state index >= 15 is 0 Å². The van der Waals surface area contributed by atoms with Crippen LogP contribution in [0.25, 0.3) is 0 Å². The van der Waals surface area contributed by atoms with Crippen LogP contribution in [0.1, 0.15) is 110 Å². The van der Waals surface area contributed by atoms with Gasteiger partial charge in [-0.15, -0.1) is 0 Å². The van der Waals surface area contributed by atoms with Crippen molar-refractivity contribution in [2.45, 2.75) is 110 Å². The first kappa shape index (κ1) is 26.5. The quantitative estimate of drug-likeness (QED) is 0.104. The summed E-state index contributed by atoms with van der Waals surface area (Å²) in [6.45, 7) is 2.28. The number of hydrogen-bond donors (Lipinski definition) is 0. The van der Waals surface area contributed by atoms with Gasteiger partial charge in [0.1, 0.15) is 5.75 Å². The first-order valence-corrected chi connectivity index (χ1v) is 11.1. The minimum absolute atomic E-state index is 0. The summed E-state index contributed by atoms with van der Waals surface area (Å²) in [6.07, 6.45) is 20.7. The van der Waals surface area contributed by atoms with E-state index in [0.717, 1.165) is 12.8 Å². The molecule has 0 aliphatic heterocycles. The third-order valence-corrected chi connectivity index (χ3v) is 4.96. The molecule has 1 aromatic carbocycles. The molecule has 0 spiro atoms. The number of ether oxygens (including phenoxy) is 1. The predicted molar refractivity (Wildman–Crippen MR) is 120 cm³/mol. The molecule has 0 fully saturated rings. The van der Waals surface area contributed by atoms with Gasteiger partial charge in [0.2, 0.25) is 0 Å². The minimum atomic E-state index is -0.106. The van der Waals surface area contributed by atoms with Crippen molar-refractivity contribution >= 4 is 29.9 Å². The number of benzene rings is 1. The zero-order valence-electron chi connectivity index (χ0n) is 17.7. The molecule has 0 aromatic heterocycles. The number of carbonyl (C=O) groups excluding carboxylic acids is 1. The Hall–Kier alpha value is -0.511. The zero-order chi connectivity index (χ0) is 18.7. The van der Waals surface area contributed by atoms with Gasteiger partial charge >= 0.3 is 29.9 Å². The molecule has 27 heavy (non-hydrogen) atoms. The van der Waals surface area contributed by atoms with Crippen LogP contribution in [0.15, 0.2) is 30.3 Å². The molecular weight excluding hydrogens is 439 g/mol. The van der Waals surface area contributed by atoms with E-state index in [4.69, 9.17) is 4.74 Å². The SMILES string of the molecule is CCCCCCCCCCCCCCCCCC(=O)Oc1ccccc1.[SnH2]. The molecule has 1 aromatic rings. The topological polar surface area (TPSA) is 26.3 Å². The van der Waals surface area contributed by atoms with E-state index in [0.29, 0.717) is 12.2 Å². The number of esters is 1. The molecule has 1 rings (SSSR count). The fourth-order valence-electron chi connectivity index (χ4n) is 3.31. The van der Waals surface area contributed by atoms with Crippen molar-refractivity contribution in [1.29, 1.82) is 0 Å². The molecule has 3 heteroatoms. The molecule has 0 unspecified atom stereocenters. The Kier molecular flexibility index (Phi) is 19.8. The van der Waals surface area contributed by atoms with Crippen LogP contribution in [-0.2, 0) is 4.79 Å². The van der Waals surface area contributed by atoms with Crippen molar-refractivity contribution in [3.63, 3.8) is 0 Å². The molecule has 0 bridgehead atoms. The Balaban J connectivity index is 0.00000676. The standard InChI is InChI=1S/C24H40O2.Sn.2H/c1-2-3-4-5-6-7-8-9-10-11-12-13-14-15-19-22-24(25)26-23-20-17-16-18-21-23;;;/h16-18,20-21H,2-15,19,22H2,1H3;;;. The Bertz CT molecular complexity index is 433. The maximum absolute atomic E-state index is 11.7. The second kappa shape index (κ2) is 20.2. The third-order valence-electron chi connectivity index (χ3n) is 4.96. The van der Waals surface area contributed by atoms with Gasteiger partial charge in [-0.1, -0.05) is 115 Å². The molecule has 154 valence electrons. The normalized spacial score (nSPS) is 10.4. The molecule has 0 saturated heterocycles. The van der Waals surface area contributed by atoms with Crippen molar-refractivity contribution in [3.8, 4) is 5.75 Å². The van der Waals surface area contributed by atoms with Crippen LogP contribution in [0.5, 0.6) is 5.75 Å². The van der Waals surface area contributed by atoms with Gasteiger partial charge in [-0.2, -0.15) is 0 Å². The average molecular weight is 481 g/mol. The van der Waals surface area contributed by atoms with Crippen LogP contribution in [-0.4, -0.2) is 29.9 Å². The molecule has 0 heterocycles. The number of unbranched alkanes of at least 4 members (excludes halogenated alkanes) is 14. The van der Waals surface area contributed by atoms with Gasteiger partial charge in [0.25, 0.3) is 0 Å². The number of carbonyl (C=O) groups is 1. The van der Waals surface area contributed by atoms with Gasteiger partial charge < -0.3 is 4.74 Å². The van der Waals surface area contributed by atoms with Crippen molar-refractivity contribution in [2.75, 3.05) is 0 Å². The summed E-state index contributed by atoms with van der Waals surface area (Å²) in [5.41, 5.74) is 0. The van der Waals surface area contributed by atoms with E-state index in [1.54, 1.807) is 0 Å². The molecule has 0 amide bonds. The molecular formula is C24H42O2Sn. The predicted octanol–water partition coefficient (Wildman–Crippen LogP) is 6.94. The molecule has 0 aliphatic carbocycles. The summed E-state index contributed by atoms with van der Waals surface area (Å²) in [7, 11) is 0. The zero-order valence-corrected chi connectivity index (χ0v) is 21.8. The van der Waals surface area contributed by atoms with E-state index in [9.17, 15) is 4.79 Å². The fourth-order valence-corrected chi connectivity index (χ4v) is 3.31. The molecule has 0 aliphatic rings. The molecule has 0 saturated carbocycles. The van der Waals surface area contributed by atoms with Crippen LogP contribution in [0.2, 0.25) is 0 Å². The Morgan fingerprint density at radius 3 is 1.52 bits per heavy atom.